The topological polar surface area (TPSA) is 96.9 Å². The Bertz CT molecular complexity index is 903. The van der Waals surface area contributed by atoms with Crippen LogP contribution in [-0.2, 0) is 6.18 Å². The zero-order valence-corrected chi connectivity index (χ0v) is 14.9. The van der Waals surface area contributed by atoms with Crippen molar-refractivity contribution >= 4 is 5.69 Å². The summed E-state index contributed by atoms with van der Waals surface area (Å²) >= 11 is 0. The van der Waals surface area contributed by atoms with E-state index < -0.39 is 29.0 Å². The summed E-state index contributed by atoms with van der Waals surface area (Å²) in [6.07, 6.45) is -4.25. The lowest BCUT2D eigenvalue weighted by molar-refractivity contribution is -0.139. The van der Waals surface area contributed by atoms with Crippen molar-refractivity contribution in [3.63, 3.8) is 0 Å². The second kappa shape index (κ2) is 6.36. The number of anilines is 1. The van der Waals surface area contributed by atoms with Crippen molar-refractivity contribution in [2.75, 3.05) is 5.32 Å². The van der Waals surface area contributed by atoms with Crippen LogP contribution in [0.5, 0.6) is 0 Å². The van der Waals surface area contributed by atoms with E-state index in [1.807, 2.05) is 18.9 Å². The van der Waals surface area contributed by atoms with E-state index in [0.29, 0.717) is 12.5 Å². The largest absolute Gasteiger partial charge is 0.434 e. The van der Waals surface area contributed by atoms with Crippen LogP contribution in [0, 0.1) is 17.2 Å². The van der Waals surface area contributed by atoms with E-state index in [1.54, 1.807) is 6.92 Å². The number of hydrogen-bond acceptors (Lipinski definition) is 5. The van der Waals surface area contributed by atoms with Gasteiger partial charge in [-0.1, -0.05) is 13.8 Å². The molecule has 1 aliphatic carbocycles. The van der Waals surface area contributed by atoms with E-state index in [0.717, 1.165) is 6.07 Å². The van der Waals surface area contributed by atoms with E-state index in [-0.39, 0.29) is 34.9 Å². The first-order valence-corrected chi connectivity index (χ1v) is 8.40. The lowest BCUT2D eigenvalue weighted by Crippen LogP contribution is -2.59. The molecule has 0 aliphatic heterocycles. The molecule has 10 heteroatoms. The van der Waals surface area contributed by atoms with E-state index >= 15 is 0 Å². The Morgan fingerprint density at radius 3 is 2.56 bits per heavy atom. The van der Waals surface area contributed by atoms with Crippen molar-refractivity contribution < 1.29 is 22.0 Å². The number of nitrogens with zero attached hydrogens (tertiary/aromatic N) is 1. The average Bonchev–Trinajstić information content (AvgIpc) is 2.97. The number of nitrogens with two attached hydrogens (primary N) is 1. The van der Waals surface area contributed by atoms with Gasteiger partial charge in [0.1, 0.15) is 11.4 Å². The molecule has 3 atom stereocenters. The van der Waals surface area contributed by atoms with Gasteiger partial charge in [0.15, 0.2) is 0 Å². The normalized spacial score (nSPS) is 23.0. The minimum Gasteiger partial charge on any atom is -0.388 e. The van der Waals surface area contributed by atoms with E-state index in [4.69, 9.17) is 10.2 Å². The first-order valence-electron chi connectivity index (χ1n) is 8.40. The number of rotatable bonds is 4. The zero-order valence-electron chi connectivity index (χ0n) is 14.9. The molecule has 1 aliphatic rings. The minimum atomic E-state index is -4.90. The summed E-state index contributed by atoms with van der Waals surface area (Å²) in [5, 5.41) is 8.31. The lowest BCUT2D eigenvalue weighted by Gasteiger charge is -2.53. The molecule has 1 fully saturated rings. The van der Waals surface area contributed by atoms with Crippen LogP contribution in [-0.4, -0.2) is 22.3 Å². The summed E-state index contributed by atoms with van der Waals surface area (Å²) < 4.78 is 59.3. The van der Waals surface area contributed by atoms with Crippen molar-refractivity contribution in [1.29, 1.82) is 0 Å². The molecule has 27 heavy (non-hydrogen) atoms. The van der Waals surface area contributed by atoms with E-state index in [1.165, 1.54) is 0 Å². The fraction of sp³-hybridized carbons (Fsp3) is 0.529. The molecule has 0 bridgehead atoms. The molecular weight excluding hydrogens is 368 g/mol. The number of aromatic nitrogens is 2. The smallest absolute Gasteiger partial charge is 0.388 e. The Hall–Kier alpha value is -2.36. The second-order valence-electron chi connectivity index (χ2n) is 7.50. The number of aromatic amines is 1. The molecule has 1 aromatic heterocycles. The molecule has 1 aromatic carbocycles. The highest BCUT2D eigenvalue weighted by atomic mass is 19.4. The van der Waals surface area contributed by atoms with Crippen molar-refractivity contribution in [3.8, 4) is 11.5 Å². The van der Waals surface area contributed by atoms with Crippen molar-refractivity contribution in [2.24, 2.45) is 17.1 Å². The average molecular weight is 388 g/mol. The van der Waals surface area contributed by atoms with Gasteiger partial charge in [-0.15, -0.1) is 5.10 Å². The molecule has 1 unspecified atom stereocenters. The lowest BCUT2D eigenvalue weighted by atomic mass is 9.56. The van der Waals surface area contributed by atoms with Gasteiger partial charge in [-0.25, -0.2) is 14.3 Å². The number of halogens is 4. The van der Waals surface area contributed by atoms with Crippen LogP contribution in [0.3, 0.4) is 0 Å². The summed E-state index contributed by atoms with van der Waals surface area (Å²) in [4.78, 5) is 11.1. The predicted octanol–water partition coefficient (Wildman–Crippen LogP) is 3.36. The molecule has 2 aromatic rings. The molecule has 1 saturated carbocycles. The summed E-state index contributed by atoms with van der Waals surface area (Å²) in [6.45, 7) is 5.63. The molecule has 0 amide bonds. The van der Waals surface area contributed by atoms with Gasteiger partial charge in [0.05, 0.1) is 5.69 Å². The molecule has 0 spiro atoms. The highest BCUT2D eigenvalue weighted by molar-refractivity contribution is 5.66. The third-order valence-electron chi connectivity index (χ3n) is 5.46. The van der Waals surface area contributed by atoms with Crippen molar-refractivity contribution in [3.05, 3.63) is 34.1 Å². The maximum atomic E-state index is 14.3. The summed E-state index contributed by atoms with van der Waals surface area (Å²) in [7, 11) is 0. The van der Waals surface area contributed by atoms with Gasteiger partial charge in [0.25, 0.3) is 0 Å². The first-order chi connectivity index (χ1) is 12.4. The third-order valence-corrected chi connectivity index (χ3v) is 5.46. The summed E-state index contributed by atoms with van der Waals surface area (Å²) in [5.41, 5.74) is 3.80. The van der Waals surface area contributed by atoms with Gasteiger partial charge >= 0.3 is 11.9 Å². The van der Waals surface area contributed by atoms with Crippen LogP contribution in [0.2, 0.25) is 0 Å². The molecule has 3 rings (SSSR count). The number of benzene rings is 1. The highest BCUT2D eigenvalue weighted by Gasteiger charge is 2.49. The van der Waals surface area contributed by atoms with Gasteiger partial charge < -0.3 is 15.5 Å². The Morgan fingerprint density at radius 2 is 2.07 bits per heavy atom. The van der Waals surface area contributed by atoms with Gasteiger partial charge in [-0.3, -0.25) is 0 Å². The van der Waals surface area contributed by atoms with Gasteiger partial charge in [-0.2, -0.15) is 13.2 Å². The fourth-order valence-electron chi connectivity index (χ4n) is 3.68. The minimum absolute atomic E-state index is 0.0172. The summed E-state index contributed by atoms with van der Waals surface area (Å²) in [5.74, 6) is -2.65. The Morgan fingerprint density at radius 1 is 1.41 bits per heavy atom. The third kappa shape index (κ3) is 3.45. The monoisotopic (exact) mass is 388 g/mol. The maximum absolute atomic E-state index is 14.3. The second-order valence-corrected chi connectivity index (χ2v) is 7.50. The number of nitrogens with one attached hydrogen (secondary N) is 2. The van der Waals surface area contributed by atoms with Crippen LogP contribution in [0.1, 0.15) is 32.8 Å². The molecule has 0 saturated heterocycles. The number of hydrogen-bond donors (Lipinski definition) is 3. The van der Waals surface area contributed by atoms with Crippen molar-refractivity contribution in [2.45, 2.75) is 45.5 Å². The molecule has 1 heterocycles. The standard InChI is InChI=1S/C17H20F4N4O2/c1-7(9-6-12(22)16(9,2)3)23-11-5-8(14-24-25-15(26)27-14)4-10(18)13(11)17(19,20)21/h4-5,7,9,12,23H,6,22H2,1-3H3,(H,25,26)/t7?,9-,12-/m0/s1. The highest BCUT2D eigenvalue weighted by Crippen LogP contribution is 2.48. The van der Waals surface area contributed by atoms with Crippen LogP contribution in [0.4, 0.5) is 23.2 Å². The van der Waals surface area contributed by atoms with Crippen LogP contribution in [0.15, 0.2) is 21.3 Å². The van der Waals surface area contributed by atoms with Gasteiger partial charge in [0.2, 0.25) is 5.89 Å². The maximum Gasteiger partial charge on any atom is 0.434 e. The van der Waals surface area contributed by atoms with Crippen LogP contribution in [0.25, 0.3) is 11.5 Å². The van der Waals surface area contributed by atoms with E-state index in [2.05, 4.69) is 10.4 Å². The number of alkyl halides is 3. The van der Waals surface area contributed by atoms with Crippen molar-refractivity contribution in [1.82, 2.24) is 10.2 Å². The molecular formula is C17H20F4N4O2. The van der Waals surface area contributed by atoms with E-state index in [9.17, 15) is 22.4 Å². The SMILES string of the molecule is CC(Nc1cc(-c2n[nH]c(=O)o2)cc(F)c1C(F)(F)F)[C@@H]1C[C@H](N)C1(C)C. The molecule has 4 N–H and O–H groups in total. The fourth-order valence-corrected chi connectivity index (χ4v) is 3.68. The molecule has 0 radical (unpaired) electrons. The first kappa shape index (κ1) is 19.4. The Kier molecular flexibility index (Phi) is 4.57. The Labute approximate surface area is 152 Å². The zero-order chi connectivity index (χ0) is 20.1. The van der Waals surface area contributed by atoms with Crippen LogP contribution >= 0.6 is 0 Å². The molecule has 6 nitrogen and oxygen atoms in total. The number of H-pyrrole nitrogens is 1. The summed E-state index contributed by atoms with van der Waals surface area (Å²) in [6, 6.07) is 1.28. The quantitative estimate of drug-likeness (QED) is 0.698. The Balaban J connectivity index is 2.01. The van der Waals surface area contributed by atoms with Crippen LogP contribution < -0.4 is 16.8 Å². The van der Waals surface area contributed by atoms with Gasteiger partial charge in [0, 0.05) is 17.6 Å². The van der Waals surface area contributed by atoms with Gasteiger partial charge in [-0.05, 0) is 36.8 Å². The predicted molar refractivity (Wildman–Crippen MR) is 90.5 cm³/mol. The molecule has 148 valence electrons.